The van der Waals surface area contributed by atoms with Crippen LogP contribution in [0.15, 0.2) is 47.4 Å². The minimum atomic E-state index is -3.94. The molecule has 0 radical (unpaired) electrons. The zero-order valence-electron chi connectivity index (χ0n) is 13.4. The minimum Gasteiger partial charge on any atom is -0.495 e. The summed E-state index contributed by atoms with van der Waals surface area (Å²) < 4.78 is 34.0. The molecule has 0 bridgehead atoms. The Bertz CT molecular complexity index is 1010. The van der Waals surface area contributed by atoms with Gasteiger partial charge in [-0.05, 0) is 30.3 Å². The number of rotatable bonds is 5. The Morgan fingerprint density at radius 3 is 2.64 bits per heavy atom. The normalized spacial score (nSPS) is 11.3. The molecule has 2 aromatic carbocycles. The van der Waals surface area contributed by atoms with Gasteiger partial charge >= 0.3 is 0 Å². The molecule has 0 aliphatic carbocycles. The molecule has 0 spiro atoms. The highest BCUT2D eigenvalue weighted by Crippen LogP contribution is 2.31. The maximum Gasteiger partial charge on any atom is 0.267 e. The number of amides is 1. The molecule has 130 valence electrons. The lowest BCUT2D eigenvalue weighted by Crippen LogP contribution is -2.15. The smallest absolute Gasteiger partial charge is 0.267 e. The van der Waals surface area contributed by atoms with Gasteiger partial charge in [-0.3, -0.25) is 9.52 Å². The van der Waals surface area contributed by atoms with E-state index in [4.69, 9.17) is 4.74 Å². The first-order valence-corrected chi connectivity index (χ1v) is 9.53. The van der Waals surface area contributed by atoms with Crippen LogP contribution in [0, 0.1) is 0 Å². The van der Waals surface area contributed by atoms with Crippen molar-refractivity contribution in [3.63, 3.8) is 0 Å². The first-order valence-electron chi connectivity index (χ1n) is 7.23. The molecule has 1 heterocycles. The van der Waals surface area contributed by atoms with Crippen LogP contribution >= 0.6 is 11.3 Å². The molecular formula is C16H15N3O4S2. The van der Waals surface area contributed by atoms with Gasteiger partial charge in [-0.2, -0.15) is 0 Å². The van der Waals surface area contributed by atoms with Gasteiger partial charge in [-0.15, -0.1) is 0 Å². The van der Waals surface area contributed by atoms with Crippen LogP contribution in [0.1, 0.15) is 6.92 Å². The lowest BCUT2D eigenvalue weighted by atomic mass is 10.3. The van der Waals surface area contributed by atoms with E-state index >= 15 is 0 Å². The van der Waals surface area contributed by atoms with Crippen molar-refractivity contribution in [3.05, 3.63) is 42.5 Å². The van der Waals surface area contributed by atoms with E-state index in [0.717, 1.165) is 4.70 Å². The maximum atomic E-state index is 12.8. The second-order valence-electron chi connectivity index (χ2n) is 5.14. The van der Waals surface area contributed by atoms with Crippen molar-refractivity contribution in [2.45, 2.75) is 11.8 Å². The minimum absolute atomic E-state index is 0.0829. The third-order valence-corrected chi connectivity index (χ3v) is 5.73. The van der Waals surface area contributed by atoms with Crippen molar-refractivity contribution in [2.24, 2.45) is 0 Å². The fourth-order valence-electron chi connectivity index (χ4n) is 2.25. The number of methoxy groups -OCH3 is 1. The highest BCUT2D eigenvalue weighted by atomic mass is 32.2. The van der Waals surface area contributed by atoms with Crippen molar-refractivity contribution in [3.8, 4) is 5.75 Å². The second-order valence-corrected chi connectivity index (χ2v) is 7.82. The summed E-state index contributed by atoms with van der Waals surface area (Å²) in [7, 11) is -2.56. The van der Waals surface area contributed by atoms with Gasteiger partial charge in [0.2, 0.25) is 5.91 Å². The molecule has 25 heavy (non-hydrogen) atoms. The molecule has 0 atom stereocenters. The van der Waals surface area contributed by atoms with Gasteiger partial charge in [0.1, 0.15) is 10.6 Å². The number of aromatic nitrogens is 1. The lowest BCUT2D eigenvalue weighted by Gasteiger charge is -2.12. The second kappa shape index (κ2) is 6.69. The summed E-state index contributed by atoms with van der Waals surface area (Å²) >= 11 is 1.24. The fourth-order valence-corrected chi connectivity index (χ4v) is 4.55. The van der Waals surface area contributed by atoms with Crippen LogP contribution in [-0.2, 0) is 14.8 Å². The fraction of sp³-hybridized carbons (Fsp3) is 0.125. The van der Waals surface area contributed by atoms with E-state index in [-0.39, 0.29) is 21.7 Å². The number of thiazole rings is 1. The van der Waals surface area contributed by atoms with Gasteiger partial charge in [0.15, 0.2) is 5.13 Å². The number of nitrogens with zero attached hydrogens (tertiary/aromatic N) is 1. The third kappa shape index (κ3) is 3.72. The monoisotopic (exact) mass is 377 g/mol. The summed E-state index contributed by atoms with van der Waals surface area (Å²) in [5, 5.41) is 2.81. The van der Waals surface area contributed by atoms with E-state index in [1.54, 1.807) is 6.07 Å². The molecular weight excluding hydrogens is 362 g/mol. The summed E-state index contributed by atoms with van der Waals surface area (Å²) in [6.07, 6.45) is 0. The molecule has 0 aliphatic heterocycles. The van der Waals surface area contributed by atoms with E-state index in [0.29, 0.717) is 11.2 Å². The number of carbonyl (C=O) groups excluding carboxylic acids is 1. The Morgan fingerprint density at radius 1 is 1.20 bits per heavy atom. The van der Waals surface area contributed by atoms with Gasteiger partial charge < -0.3 is 10.1 Å². The Morgan fingerprint density at radius 2 is 1.96 bits per heavy atom. The van der Waals surface area contributed by atoms with Gasteiger partial charge in [-0.25, -0.2) is 13.4 Å². The number of fused-ring (bicyclic) bond motifs is 1. The number of hydrogen-bond acceptors (Lipinski definition) is 6. The number of carbonyl (C=O) groups is 1. The number of hydrogen-bond donors (Lipinski definition) is 2. The zero-order chi connectivity index (χ0) is 18.0. The van der Waals surface area contributed by atoms with Gasteiger partial charge in [-0.1, -0.05) is 23.5 Å². The summed E-state index contributed by atoms with van der Waals surface area (Å²) in [5.74, 6) is -0.129. The Kier molecular flexibility index (Phi) is 4.60. The molecule has 2 N–H and O–H groups in total. The van der Waals surface area contributed by atoms with E-state index < -0.39 is 10.0 Å². The molecule has 9 heteroatoms. The Labute approximate surface area is 148 Å². The van der Waals surface area contributed by atoms with Crippen molar-refractivity contribution in [1.29, 1.82) is 0 Å². The van der Waals surface area contributed by atoms with Crippen LogP contribution in [0.5, 0.6) is 5.75 Å². The average Bonchev–Trinajstić information content (AvgIpc) is 2.95. The Hall–Kier alpha value is -2.65. The van der Waals surface area contributed by atoms with Crippen molar-refractivity contribution >= 4 is 48.3 Å². The molecule has 3 rings (SSSR count). The number of sulfonamides is 1. The number of nitrogens with one attached hydrogen (secondary N) is 2. The number of ether oxygens (including phenoxy) is 1. The topological polar surface area (TPSA) is 97.4 Å². The van der Waals surface area contributed by atoms with E-state index in [2.05, 4.69) is 15.0 Å². The van der Waals surface area contributed by atoms with Crippen LogP contribution in [0.3, 0.4) is 0 Å². The van der Waals surface area contributed by atoms with Crippen LogP contribution in [0.4, 0.5) is 10.8 Å². The van der Waals surface area contributed by atoms with Crippen molar-refractivity contribution in [2.75, 3.05) is 17.1 Å². The molecule has 1 amide bonds. The average molecular weight is 377 g/mol. The summed E-state index contributed by atoms with van der Waals surface area (Å²) in [6, 6.07) is 11.8. The van der Waals surface area contributed by atoms with Crippen molar-refractivity contribution in [1.82, 2.24) is 4.98 Å². The third-order valence-electron chi connectivity index (χ3n) is 3.29. The summed E-state index contributed by atoms with van der Waals surface area (Å²) in [5.41, 5.74) is 1.07. The van der Waals surface area contributed by atoms with Crippen molar-refractivity contribution < 1.29 is 17.9 Å². The SMILES string of the molecule is COc1ccc(NC(C)=O)cc1S(=O)(=O)Nc1nc2ccccc2s1. The highest BCUT2D eigenvalue weighted by Gasteiger charge is 2.22. The lowest BCUT2D eigenvalue weighted by molar-refractivity contribution is -0.114. The molecule has 0 saturated carbocycles. The first kappa shape index (κ1) is 17.2. The van der Waals surface area contributed by atoms with E-state index in [9.17, 15) is 13.2 Å². The maximum absolute atomic E-state index is 12.8. The molecule has 0 aliphatic rings. The predicted octanol–water partition coefficient (Wildman–Crippen LogP) is 3.06. The van der Waals surface area contributed by atoms with Gasteiger partial charge in [0.25, 0.3) is 10.0 Å². The van der Waals surface area contributed by atoms with Gasteiger partial charge in [0, 0.05) is 12.6 Å². The van der Waals surface area contributed by atoms with Crippen LogP contribution in [0.25, 0.3) is 10.2 Å². The Balaban J connectivity index is 1.99. The predicted molar refractivity (Wildman–Crippen MR) is 97.7 cm³/mol. The van der Waals surface area contributed by atoms with Gasteiger partial charge in [0.05, 0.1) is 17.3 Å². The van der Waals surface area contributed by atoms with E-state index in [1.807, 2.05) is 24.3 Å². The molecule has 0 fully saturated rings. The number of anilines is 2. The molecule has 7 nitrogen and oxygen atoms in total. The summed E-state index contributed by atoms with van der Waals surface area (Å²) in [6.45, 7) is 1.35. The van der Waals surface area contributed by atoms with E-state index in [1.165, 1.54) is 37.5 Å². The first-order chi connectivity index (χ1) is 11.9. The summed E-state index contributed by atoms with van der Waals surface area (Å²) in [4.78, 5) is 15.4. The highest BCUT2D eigenvalue weighted by molar-refractivity contribution is 7.93. The van der Waals surface area contributed by atoms with Crippen LogP contribution < -0.4 is 14.8 Å². The zero-order valence-corrected chi connectivity index (χ0v) is 15.1. The molecule has 0 saturated heterocycles. The van der Waals surface area contributed by atoms with Crippen LogP contribution in [-0.4, -0.2) is 26.4 Å². The number of para-hydroxylation sites is 1. The largest absolute Gasteiger partial charge is 0.495 e. The molecule has 0 unspecified atom stereocenters. The van der Waals surface area contributed by atoms with Crippen LogP contribution in [0.2, 0.25) is 0 Å². The molecule has 1 aromatic heterocycles. The number of benzene rings is 2. The quantitative estimate of drug-likeness (QED) is 0.712. The molecule has 3 aromatic rings. The standard InChI is InChI=1S/C16H15N3O4S2/c1-10(20)17-11-7-8-13(23-2)15(9-11)25(21,22)19-16-18-12-5-3-4-6-14(12)24-16/h3-9H,1-2H3,(H,17,20)(H,18,19).